The van der Waals surface area contributed by atoms with E-state index in [4.69, 9.17) is 13.8 Å². The Bertz CT molecular complexity index is 1210. The predicted octanol–water partition coefficient (Wildman–Crippen LogP) is 5.84. The molecule has 3 aromatic heterocycles. The van der Waals surface area contributed by atoms with Gasteiger partial charge in [0, 0.05) is 10.8 Å². The van der Waals surface area contributed by atoms with E-state index in [-0.39, 0.29) is 0 Å². The second-order valence-corrected chi connectivity index (χ2v) is 7.00. The molecule has 0 radical (unpaired) electrons. The Kier molecular flexibility index (Phi) is 3.99. The number of furan rings is 2. The van der Waals surface area contributed by atoms with Gasteiger partial charge in [-0.1, -0.05) is 36.4 Å². The second-order valence-electron chi connectivity index (χ2n) is 6.16. The molecule has 0 saturated carbocycles. The van der Waals surface area contributed by atoms with Crippen molar-refractivity contribution in [1.29, 1.82) is 0 Å². The average molecular weight is 372 g/mol. The smallest absolute Gasteiger partial charge is 0.190 e. The first-order valence-electron chi connectivity index (χ1n) is 8.66. The second kappa shape index (κ2) is 6.78. The molecule has 0 bridgehead atoms. The summed E-state index contributed by atoms with van der Waals surface area (Å²) in [4.78, 5) is 5.72. The molecule has 5 aromatic rings. The van der Waals surface area contributed by atoms with E-state index in [1.807, 2.05) is 60.7 Å². The van der Waals surface area contributed by atoms with Gasteiger partial charge in [-0.15, -0.1) is 11.3 Å². The maximum absolute atomic E-state index is 6.09. The summed E-state index contributed by atoms with van der Waals surface area (Å²) in [5.74, 6) is 1.70. The molecule has 0 aliphatic rings. The van der Waals surface area contributed by atoms with E-state index in [1.54, 1.807) is 17.6 Å². The monoisotopic (exact) mass is 372 g/mol. The van der Waals surface area contributed by atoms with Gasteiger partial charge in [-0.3, -0.25) is 0 Å². The third kappa shape index (κ3) is 3.13. The van der Waals surface area contributed by atoms with Gasteiger partial charge in [-0.2, -0.15) is 0 Å². The van der Waals surface area contributed by atoms with Gasteiger partial charge in [0.2, 0.25) is 0 Å². The summed E-state index contributed by atoms with van der Waals surface area (Å²) in [5, 5.41) is 3.17. The maximum Gasteiger partial charge on any atom is 0.190 e. The molecule has 4 nitrogen and oxygen atoms in total. The van der Waals surface area contributed by atoms with Crippen LogP contribution >= 0.6 is 11.3 Å². The Morgan fingerprint density at radius 1 is 0.926 bits per heavy atom. The van der Waals surface area contributed by atoms with Crippen molar-refractivity contribution in [3.8, 4) is 11.5 Å². The fourth-order valence-corrected chi connectivity index (χ4v) is 3.96. The van der Waals surface area contributed by atoms with Gasteiger partial charge in [0.25, 0.3) is 0 Å². The molecule has 0 spiro atoms. The highest BCUT2D eigenvalue weighted by Crippen LogP contribution is 2.28. The highest BCUT2D eigenvalue weighted by atomic mass is 32.1. The predicted molar refractivity (Wildman–Crippen MR) is 107 cm³/mol. The molecular weight excluding hydrogens is 356 g/mol. The van der Waals surface area contributed by atoms with Crippen LogP contribution in [0.4, 0.5) is 5.69 Å². The van der Waals surface area contributed by atoms with Gasteiger partial charge >= 0.3 is 0 Å². The van der Waals surface area contributed by atoms with Gasteiger partial charge < -0.3 is 13.4 Å². The summed E-state index contributed by atoms with van der Waals surface area (Å²) in [6, 6.07) is 23.9. The molecule has 0 aliphatic heterocycles. The molecule has 3 heterocycles. The molecule has 0 saturated heterocycles. The number of fused-ring (bicyclic) bond motifs is 1. The fourth-order valence-electron chi connectivity index (χ4n) is 3.05. The lowest BCUT2D eigenvalue weighted by molar-refractivity contribution is 0.490. The number of thiazole rings is 1. The van der Waals surface area contributed by atoms with Crippen LogP contribution in [0.3, 0.4) is 0 Å². The number of hydrogen-bond acceptors (Lipinski definition) is 4. The van der Waals surface area contributed by atoms with E-state index in [9.17, 15) is 0 Å². The Labute approximate surface area is 159 Å². The summed E-state index contributed by atoms with van der Waals surface area (Å²) in [6.45, 7) is 0.592. The van der Waals surface area contributed by atoms with Gasteiger partial charge in [0.05, 0.1) is 24.2 Å². The minimum absolute atomic E-state index is 0.592. The number of nitrogens with zero attached hydrogens (tertiary/aromatic N) is 2. The van der Waals surface area contributed by atoms with Gasteiger partial charge in [0.15, 0.2) is 10.6 Å². The van der Waals surface area contributed by atoms with E-state index < -0.39 is 0 Å². The lowest BCUT2D eigenvalue weighted by atomic mass is 10.2. The van der Waals surface area contributed by atoms with Crippen LogP contribution in [0.15, 0.2) is 98.3 Å². The lowest BCUT2D eigenvalue weighted by Gasteiger charge is -2.05. The Morgan fingerprint density at radius 2 is 1.78 bits per heavy atom. The minimum Gasteiger partial charge on any atom is -0.467 e. The number of aromatic nitrogens is 1. The van der Waals surface area contributed by atoms with Crippen LogP contribution in [0.25, 0.3) is 22.4 Å². The summed E-state index contributed by atoms with van der Waals surface area (Å²) in [7, 11) is 0. The molecule has 0 fully saturated rings. The van der Waals surface area contributed by atoms with E-state index in [0.717, 1.165) is 38.7 Å². The molecule has 0 unspecified atom stereocenters. The van der Waals surface area contributed by atoms with Crippen molar-refractivity contribution in [2.45, 2.75) is 6.54 Å². The highest BCUT2D eigenvalue weighted by Gasteiger charge is 2.14. The number of benzene rings is 2. The van der Waals surface area contributed by atoms with Crippen LogP contribution in [0.2, 0.25) is 0 Å². The summed E-state index contributed by atoms with van der Waals surface area (Å²) < 4.78 is 13.8. The lowest BCUT2D eigenvalue weighted by Crippen LogP contribution is -2.16. The molecule has 5 rings (SSSR count). The third-order valence-corrected chi connectivity index (χ3v) is 5.21. The third-order valence-electron chi connectivity index (χ3n) is 4.35. The molecular formula is C22H16N2O2S. The van der Waals surface area contributed by atoms with Crippen molar-refractivity contribution in [2.24, 2.45) is 4.99 Å². The summed E-state index contributed by atoms with van der Waals surface area (Å²) >= 11 is 1.59. The van der Waals surface area contributed by atoms with Crippen LogP contribution in [-0.2, 0) is 6.54 Å². The Morgan fingerprint density at radius 3 is 2.59 bits per heavy atom. The van der Waals surface area contributed by atoms with Crippen molar-refractivity contribution in [3.63, 3.8) is 0 Å². The van der Waals surface area contributed by atoms with Crippen LogP contribution in [0.1, 0.15) is 5.76 Å². The van der Waals surface area contributed by atoms with Gasteiger partial charge in [0.1, 0.15) is 11.3 Å². The number of rotatable bonds is 4. The first kappa shape index (κ1) is 15.9. The molecule has 0 N–H and O–H groups in total. The fraction of sp³-hybridized carbons (Fsp3) is 0.0455. The molecule has 132 valence electrons. The first-order valence-corrected chi connectivity index (χ1v) is 9.54. The number of hydrogen-bond donors (Lipinski definition) is 0. The van der Waals surface area contributed by atoms with Crippen molar-refractivity contribution >= 4 is 28.0 Å². The van der Waals surface area contributed by atoms with E-state index in [0.29, 0.717) is 6.54 Å². The SMILES string of the molecule is c1ccc(N=c2scc(-c3cc4ccccc4o3)n2Cc2ccco2)cc1. The van der Waals surface area contributed by atoms with Gasteiger partial charge in [-0.25, -0.2) is 4.99 Å². The normalized spacial score (nSPS) is 12.1. The van der Waals surface area contributed by atoms with Crippen LogP contribution in [0.5, 0.6) is 0 Å². The van der Waals surface area contributed by atoms with Crippen LogP contribution in [0, 0.1) is 0 Å². The number of para-hydroxylation sites is 2. The van der Waals surface area contributed by atoms with Crippen LogP contribution in [-0.4, -0.2) is 4.57 Å². The molecule has 0 atom stereocenters. The first-order chi connectivity index (χ1) is 13.4. The Balaban J connectivity index is 1.67. The maximum atomic E-state index is 6.09. The van der Waals surface area contributed by atoms with Crippen molar-refractivity contribution in [2.75, 3.05) is 0 Å². The van der Waals surface area contributed by atoms with E-state index >= 15 is 0 Å². The molecule has 0 amide bonds. The van der Waals surface area contributed by atoms with Crippen molar-refractivity contribution in [1.82, 2.24) is 4.57 Å². The summed E-state index contributed by atoms with van der Waals surface area (Å²) in [5.41, 5.74) is 2.79. The van der Waals surface area contributed by atoms with Gasteiger partial charge in [-0.05, 0) is 36.4 Å². The van der Waals surface area contributed by atoms with Crippen LogP contribution < -0.4 is 4.80 Å². The van der Waals surface area contributed by atoms with Crippen molar-refractivity contribution < 1.29 is 8.83 Å². The van der Waals surface area contributed by atoms with Crippen molar-refractivity contribution in [3.05, 3.63) is 95.0 Å². The molecule has 5 heteroatoms. The largest absolute Gasteiger partial charge is 0.467 e. The molecule has 2 aromatic carbocycles. The average Bonchev–Trinajstić information content (AvgIpc) is 3.43. The highest BCUT2D eigenvalue weighted by molar-refractivity contribution is 7.07. The quantitative estimate of drug-likeness (QED) is 0.398. The zero-order valence-electron chi connectivity index (χ0n) is 14.4. The zero-order chi connectivity index (χ0) is 18.1. The molecule has 27 heavy (non-hydrogen) atoms. The zero-order valence-corrected chi connectivity index (χ0v) is 15.2. The molecule has 0 aliphatic carbocycles. The van der Waals surface area contributed by atoms with E-state index in [1.165, 1.54) is 0 Å². The Hall–Kier alpha value is -3.31. The minimum atomic E-state index is 0.592. The van der Waals surface area contributed by atoms with E-state index in [2.05, 4.69) is 22.1 Å². The summed E-state index contributed by atoms with van der Waals surface area (Å²) in [6.07, 6.45) is 1.69. The standard InChI is InChI=1S/C22H16N2O2S/c1-2-8-17(9-3-1)23-22-24(14-18-10-6-12-25-18)19(15-27-22)21-13-16-7-4-5-11-20(16)26-21/h1-13,15H,14H2. The topological polar surface area (TPSA) is 43.6 Å².